The molecule has 9 nitrogen and oxygen atoms in total. The molecule has 0 spiro atoms. The van der Waals surface area contributed by atoms with Gasteiger partial charge in [0.1, 0.15) is 0 Å². The van der Waals surface area contributed by atoms with Gasteiger partial charge in [0.05, 0.1) is 25.0 Å². The minimum atomic E-state index is -0.595. The van der Waals surface area contributed by atoms with Gasteiger partial charge in [0.25, 0.3) is 11.8 Å². The molecule has 2 atom stereocenters. The van der Waals surface area contributed by atoms with E-state index < -0.39 is 17.7 Å². The molecule has 0 rings (SSSR count). The highest BCUT2D eigenvalue weighted by Gasteiger charge is 2.23. The van der Waals surface area contributed by atoms with E-state index in [1.165, 1.54) is 7.05 Å². The van der Waals surface area contributed by atoms with E-state index in [4.69, 9.17) is 9.68 Å². The van der Waals surface area contributed by atoms with Gasteiger partial charge in [-0.2, -0.15) is 0 Å². The Morgan fingerprint density at radius 1 is 1.04 bits per heavy atom. The highest BCUT2D eigenvalue weighted by molar-refractivity contribution is 5.78. The van der Waals surface area contributed by atoms with E-state index in [-0.39, 0.29) is 37.5 Å². The van der Waals surface area contributed by atoms with Crippen LogP contribution in [0.2, 0.25) is 0 Å². The summed E-state index contributed by atoms with van der Waals surface area (Å²) in [6.45, 7) is 8.44. The number of hydrogen-bond donors (Lipinski definition) is 2. The maximum absolute atomic E-state index is 12.1. The quantitative estimate of drug-likeness (QED) is 0.442. The van der Waals surface area contributed by atoms with Crippen molar-refractivity contribution in [3.8, 4) is 0 Å². The molecule has 2 N–H and O–H groups in total. The number of amides is 3. The van der Waals surface area contributed by atoms with Crippen LogP contribution in [0.4, 0.5) is 0 Å². The largest absolute Gasteiger partial charge is 0.286 e. The molecule has 0 heterocycles. The van der Waals surface area contributed by atoms with E-state index in [0.29, 0.717) is 5.06 Å². The Labute approximate surface area is 142 Å². The lowest BCUT2D eigenvalue weighted by atomic mass is 10.2. The molecule has 0 radical (unpaired) electrons. The molecule has 24 heavy (non-hydrogen) atoms. The van der Waals surface area contributed by atoms with Gasteiger partial charge in [-0.3, -0.25) is 29.3 Å². The van der Waals surface area contributed by atoms with Crippen LogP contribution >= 0.6 is 0 Å². The summed E-state index contributed by atoms with van der Waals surface area (Å²) in [7, 11) is 1.43. The fourth-order valence-electron chi connectivity index (χ4n) is 1.51. The van der Waals surface area contributed by atoms with E-state index in [1.54, 1.807) is 34.6 Å². The number of nitrogens with one attached hydrogen (secondary N) is 1. The number of rotatable bonds is 10. The number of hydroxylamine groups is 5. The van der Waals surface area contributed by atoms with E-state index in [9.17, 15) is 19.6 Å². The third-order valence-corrected chi connectivity index (χ3v) is 3.26. The van der Waals surface area contributed by atoms with Gasteiger partial charge in [-0.05, 0) is 6.92 Å². The fourth-order valence-corrected chi connectivity index (χ4v) is 1.51. The van der Waals surface area contributed by atoms with Crippen molar-refractivity contribution in [2.24, 2.45) is 17.8 Å². The first-order valence-electron chi connectivity index (χ1n) is 7.94. The van der Waals surface area contributed by atoms with Crippen LogP contribution < -0.4 is 5.48 Å². The lowest BCUT2D eigenvalue weighted by Gasteiger charge is -2.23. The predicted molar refractivity (Wildman–Crippen MR) is 85.2 cm³/mol. The van der Waals surface area contributed by atoms with Gasteiger partial charge in [-0.15, -0.1) is 0 Å². The van der Waals surface area contributed by atoms with E-state index in [0.717, 1.165) is 5.06 Å². The summed E-state index contributed by atoms with van der Waals surface area (Å²) in [5, 5.41) is 11.0. The molecular formula is C15H29N3O6. The highest BCUT2D eigenvalue weighted by Crippen LogP contribution is 2.06. The standard InChI is InChI=1S/C15H29N3O6/c1-7-18(22)15(21)12(5)9-24-17(6)14(20)11(4)8-23-16-13(19)10(2)3/h10-12,22H,7-9H2,1-6H3,(H,16,19). The van der Waals surface area contributed by atoms with Crippen LogP contribution in [0.25, 0.3) is 0 Å². The smallest absolute Gasteiger partial charge is 0.251 e. The van der Waals surface area contributed by atoms with Crippen molar-refractivity contribution < 1.29 is 29.3 Å². The van der Waals surface area contributed by atoms with Crippen LogP contribution in [0.1, 0.15) is 34.6 Å². The van der Waals surface area contributed by atoms with Crippen molar-refractivity contribution >= 4 is 17.7 Å². The molecule has 0 aromatic carbocycles. The molecule has 9 heteroatoms. The Morgan fingerprint density at radius 2 is 1.58 bits per heavy atom. The van der Waals surface area contributed by atoms with Gasteiger partial charge in [0, 0.05) is 19.5 Å². The number of carbonyl (C=O) groups excluding carboxylic acids is 3. The zero-order valence-electron chi connectivity index (χ0n) is 15.2. The van der Waals surface area contributed by atoms with E-state index >= 15 is 0 Å². The first-order chi connectivity index (χ1) is 11.1. The summed E-state index contributed by atoms with van der Waals surface area (Å²) in [5.74, 6) is -2.46. The highest BCUT2D eigenvalue weighted by atomic mass is 16.7. The predicted octanol–water partition coefficient (Wildman–Crippen LogP) is 0.590. The zero-order valence-corrected chi connectivity index (χ0v) is 15.2. The maximum Gasteiger partial charge on any atom is 0.251 e. The van der Waals surface area contributed by atoms with Crippen LogP contribution in [-0.4, -0.2) is 59.9 Å². The SMILES string of the molecule is CCN(O)C(=O)C(C)CON(C)C(=O)C(C)CONC(=O)C(C)C. The molecule has 0 aliphatic heterocycles. The lowest BCUT2D eigenvalue weighted by Crippen LogP contribution is -2.39. The summed E-state index contributed by atoms with van der Waals surface area (Å²) < 4.78 is 0. The summed E-state index contributed by atoms with van der Waals surface area (Å²) >= 11 is 0. The van der Waals surface area contributed by atoms with Crippen LogP contribution in [0.15, 0.2) is 0 Å². The Hall–Kier alpha value is -1.71. The van der Waals surface area contributed by atoms with Crippen LogP contribution in [0.5, 0.6) is 0 Å². The Morgan fingerprint density at radius 3 is 2.08 bits per heavy atom. The molecule has 0 aliphatic carbocycles. The monoisotopic (exact) mass is 347 g/mol. The second-order valence-electron chi connectivity index (χ2n) is 5.92. The number of hydrogen-bond acceptors (Lipinski definition) is 6. The fraction of sp³-hybridized carbons (Fsp3) is 0.800. The summed E-state index contributed by atoms with van der Waals surface area (Å²) in [5.41, 5.74) is 2.26. The first kappa shape index (κ1) is 22.3. The summed E-state index contributed by atoms with van der Waals surface area (Å²) in [6.07, 6.45) is 0. The van der Waals surface area contributed by atoms with Gasteiger partial charge in [0.15, 0.2) is 0 Å². The molecular weight excluding hydrogens is 318 g/mol. The van der Waals surface area contributed by atoms with Crippen molar-refractivity contribution in [3.05, 3.63) is 0 Å². The van der Waals surface area contributed by atoms with Crippen LogP contribution in [-0.2, 0) is 24.1 Å². The molecule has 140 valence electrons. The summed E-state index contributed by atoms with van der Waals surface area (Å²) in [6, 6.07) is 0. The minimum Gasteiger partial charge on any atom is -0.286 e. The Bertz CT molecular complexity index is 429. The van der Waals surface area contributed by atoms with Crippen molar-refractivity contribution in [3.63, 3.8) is 0 Å². The second kappa shape index (κ2) is 11.0. The average Bonchev–Trinajstić information content (AvgIpc) is 2.56. The van der Waals surface area contributed by atoms with E-state index in [2.05, 4.69) is 5.48 Å². The van der Waals surface area contributed by atoms with Crippen LogP contribution in [0.3, 0.4) is 0 Å². The molecule has 0 bridgehead atoms. The molecule has 0 fully saturated rings. The first-order valence-corrected chi connectivity index (χ1v) is 7.94. The molecule has 0 aliphatic rings. The Balaban J connectivity index is 4.21. The van der Waals surface area contributed by atoms with E-state index in [1.807, 2.05) is 0 Å². The normalized spacial score (nSPS) is 13.3. The van der Waals surface area contributed by atoms with Crippen molar-refractivity contribution in [1.82, 2.24) is 15.6 Å². The van der Waals surface area contributed by atoms with Crippen molar-refractivity contribution in [2.75, 3.05) is 26.8 Å². The van der Waals surface area contributed by atoms with Gasteiger partial charge in [0.2, 0.25) is 5.91 Å². The zero-order chi connectivity index (χ0) is 18.9. The van der Waals surface area contributed by atoms with Crippen molar-refractivity contribution in [2.45, 2.75) is 34.6 Å². The molecule has 0 aromatic rings. The number of nitrogens with zero attached hydrogens (tertiary/aromatic N) is 2. The summed E-state index contributed by atoms with van der Waals surface area (Å²) in [4.78, 5) is 45.4. The Kier molecular flexibility index (Phi) is 10.2. The molecule has 2 unspecified atom stereocenters. The topological polar surface area (TPSA) is 108 Å². The molecule has 0 saturated carbocycles. The number of carbonyl (C=O) groups is 3. The molecule has 3 amide bonds. The minimum absolute atomic E-state index is 0.000268. The van der Waals surface area contributed by atoms with Gasteiger partial charge in [-0.25, -0.2) is 15.6 Å². The van der Waals surface area contributed by atoms with Crippen LogP contribution in [0, 0.1) is 17.8 Å². The second-order valence-corrected chi connectivity index (χ2v) is 5.92. The lowest BCUT2D eigenvalue weighted by molar-refractivity contribution is -0.195. The third kappa shape index (κ3) is 7.71. The maximum atomic E-state index is 12.1. The molecule has 0 saturated heterocycles. The van der Waals surface area contributed by atoms with Gasteiger partial charge in [-0.1, -0.05) is 27.7 Å². The van der Waals surface area contributed by atoms with Crippen molar-refractivity contribution in [1.29, 1.82) is 0 Å². The molecule has 0 aromatic heterocycles. The van der Waals surface area contributed by atoms with Gasteiger partial charge >= 0.3 is 0 Å². The third-order valence-electron chi connectivity index (χ3n) is 3.26. The van der Waals surface area contributed by atoms with Gasteiger partial charge < -0.3 is 0 Å². The average molecular weight is 347 g/mol.